The van der Waals surface area contributed by atoms with Gasteiger partial charge in [0.25, 0.3) is 5.03 Å². The third-order valence-corrected chi connectivity index (χ3v) is 11.6. The van der Waals surface area contributed by atoms with Crippen molar-refractivity contribution in [1.29, 1.82) is 0 Å². The van der Waals surface area contributed by atoms with E-state index in [1.807, 2.05) is 0 Å². The summed E-state index contributed by atoms with van der Waals surface area (Å²) >= 11 is 0. The van der Waals surface area contributed by atoms with Crippen molar-refractivity contribution in [1.82, 2.24) is 0 Å². The molecule has 0 aromatic rings. The van der Waals surface area contributed by atoms with Crippen LogP contribution >= 0.6 is 31.3 Å². The van der Waals surface area contributed by atoms with E-state index in [4.69, 9.17) is 5.73 Å². The molecule has 2 unspecified atom stereocenters. The van der Waals surface area contributed by atoms with Crippen molar-refractivity contribution < 1.29 is 9.53 Å². The molecule has 0 aromatic heterocycles. The average Bonchev–Trinajstić information content (AvgIpc) is 2.20. The molecule has 72 valence electrons. The molecule has 0 fully saturated rings. The van der Waals surface area contributed by atoms with Gasteiger partial charge in [0.05, 0.1) is 18.4 Å². The Hall–Kier alpha value is -0.230. The standard InChI is InChI=1S/C7H8NO2P4/c1-10-6(9)7-11-5(3-4-8)12-13-14(7)2/h13H,2,8H2,1H3/q+1. The summed E-state index contributed by atoms with van der Waals surface area (Å²) in [7, 11) is 3.45. The Morgan fingerprint density at radius 2 is 2.50 bits per heavy atom. The van der Waals surface area contributed by atoms with Crippen LogP contribution in [0.4, 0.5) is 0 Å². The van der Waals surface area contributed by atoms with E-state index < -0.39 is 7.23 Å². The van der Waals surface area contributed by atoms with Crippen molar-refractivity contribution in [2.45, 2.75) is 0 Å². The fraction of sp³-hybridized carbons (Fsp3) is 0.143. The van der Waals surface area contributed by atoms with Crippen molar-refractivity contribution in [3.05, 3.63) is 0 Å². The van der Waals surface area contributed by atoms with E-state index in [1.54, 1.807) is 0 Å². The Balaban J connectivity index is 3.00. The number of nitrogens with two attached hydrogens (primary N) is 1. The molecule has 0 radical (unpaired) electrons. The molecule has 1 aliphatic rings. The molecule has 1 heterocycles. The minimum absolute atomic E-state index is 0.258. The number of hydrogen-bond acceptors (Lipinski definition) is 3. The molecular weight excluding hydrogens is 254 g/mol. The molecular formula is C7H8NO2P4+. The van der Waals surface area contributed by atoms with Crippen LogP contribution < -0.4 is 5.73 Å². The maximum Gasteiger partial charge on any atom is 0.386 e. The number of ether oxygens (including phenoxy) is 1. The van der Waals surface area contributed by atoms with Crippen LogP contribution in [0.1, 0.15) is 0 Å². The molecule has 2 N–H and O–H groups in total. The van der Waals surface area contributed by atoms with Gasteiger partial charge < -0.3 is 10.5 Å². The first kappa shape index (κ1) is 11.8. The van der Waals surface area contributed by atoms with Gasteiger partial charge in [0.15, 0.2) is 15.2 Å². The van der Waals surface area contributed by atoms with Crippen molar-refractivity contribution in [3.8, 4) is 12.0 Å². The molecule has 0 bridgehead atoms. The second kappa shape index (κ2) is 5.60. The third kappa shape index (κ3) is 2.88. The van der Waals surface area contributed by atoms with Crippen LogP contribution in [0.15, 0.2) is 0 Å². The fourth-order valence-electron chi connectivity index (χ4n) is 0.708. The predicted octanol–water partition coefficient (Wildman–Crippen LogP) is 1.67. The molecule has 7 heteroatoms. The minimum Gasteiger partial charge on any atom is -0.462 e. The number of hydrogen-bond donors (Lipinski definition) is 1. The van der Waals surface area contributed by atoms with Crippen LogP contribution in [0.2, 0.25) is 0 Å². The summed E-state index contributed by atoms with van der Waals surface area (Å²) < 4.78 is 4.69. The first-order valence-electron chi connectivity index (χ1n) is 3.51. The maximum absolute atomic E-state index is 11.3. The van der Waals surface area contributed by atoms with Crippen molar-refractivity contribution in [3.63, 3.8) is 0 Å². The molecule has 3 nitrogen and oxygen atoms in total. The van der Waals surface area contributed by atoms with Gasteiger partial charge in [-0.1, -0.05) is 0 Å². The second-order valence-electron chi connectivity index (χ2n) is 2.16. The Morgan fingerprint density at radius 1 is 1.79 bits per heavy atom. The molecule has 2 atom stereocenters. The summed E-state index contributed by atoms with van der Waals surface area (Å²) in [5.41, 5.74) is 5.12. The summed E-state index contributed by atoms with van der Waals surface area (Å²) in [5.74, 6) is 2.54. The van der Waals surface area contributed by atoms with E-state index in [0.717, 1.165) is 26.2 Å². The summed E-state index contributed by atoms with van der Waals surface area (Å²) in [5, 5.41) is 1.71. The molecule has 0 aliphatic carbocycles. The number of rotatable bonds is 1. The van der Waals surface area contributed by atoms with E-state index in [9.17, 15) is 4.79 Å². The Morgan fingerprint density at radius 3 is 3.07 bits per heavy atom. The zero-order valence-electron chi connectivity index (χ0n) is 7.44. The van der Waals surface area contributed by atoms with Crippen LogP contribution in [-0.4, -0.2) is 29.4 Å². The quantitative estimate of drug-likeness (QED) is 0.338. The largest absolute Gasteiger partial charge is 0.462 e. The highest BCUT2D eigenvalue weighted by atomic mass is 32.4. The van der Waals surface area contributed by atoms with E-state index >= 15 is 0 Å². The molecule has 0 saturated carbocycles. The number of methoxy groups -OCH3 is 1. The summed E-state index contributed by atoms with van der Waals surface area (Å²) in [6, 6.07) is 2.35. The first-order valence-corrected chi connectivity index (χ1v) is 9.51. The van der Waals surface area contributed by atoms with Crippen molar-refractivity contribution in [2.75, 3.05) is 7.11 Å². The van der Waals surface area contributed by atoms with E-state index in [2.05, 4.69) is 23.0 Å². The lowest BCUT2D eigenvalue weighted by Gasteiger charge is -2.00. The number of carbonyl (C=O) groups is 1. The number of esters is 1. The van der Waals surface area contributed by atoms with Crippen LogP contribution in [0, 0.1) is 12.0 Å². The first-order chi connectivity index (χ1) is 6.69. The average molecular weight is 262 g/mol. The Labute approximate surface area is 88.3 Å². The SMILES string of the molecule is C=[P+]1PP=C(C#CN)P=C1C(=O)OC. The lowest BCUT2D eigenvalue weighted by Crippen LogP contribution is -2.10. The zero-order chi connectivity index (χ0) is 10.6. The molecule has 0 spiro atoms. The highest BCUT2D eigenvalue weighted by molar-refractivity contribution is 8.55. The number of carbonyl (C=O) groups excluding carboxylic acids is 1. The Kier molecular flexibility index (Phi) is 4.74. The van der Waals surface area contributed by atoms with Gasteiger partial charge in [-0.05, 0) is 13.8 Å². The molecule has 1 aliphatic heterocycles. The van der Waals surface area contributed by atoms with Crippen molar-refractivity contribution in [2.24, 2.45) is 5.73 Å². The monoisotopic (exact) mass is 262 g/mol. The van der Waals surface area contributed by atoms with Crippen LogP contribution in [-0.2, 0) is 9.53 Å². The third-order valence-electron chi connectivity index (χ3n) is 1.30. The zero-order valence-corrected chi connectivity index (χ0v) is 11.1. The van der Waals surface area contributed by atoms with Gasteiger partial charge in [-0.25, -0.2) is 4.79 Å². The molecule has 0 amide bonds. The highest BCUT2D eigenvalue weighted by Gasteiger charge is 2.28. The molecule has 1 rings (SSSR count). The van der Waals surface area contributed by atoms with Gasteiger partial charge in [0.2, 0.25) is 0 Å². The fourth-order valence-corrected chi connectivity index (χ4v) is 11.0. The normalized spacial score (nSPS) is 21.4. The van der Waals surface area contributed by atoms with E-state index in [-0.39, 0.29) is 5.97 Å². The van der Waals surface area contributed by atoms with E-state index in [0.29, 0.717) is 7.96 Å². The second-order valence-corrected chi connectivity index (χ2v) is 10.8. The van der Waals surface area contributed by atoms with Gasteiger partial charge in [-0.15, -0.1) is 0 Å². The Bertz CT molecular complexity index is 402. The highest BCUT2D eigenvalue weighted by Crippen LogP contribution is 2.60. The van der Waals surface area contributed by atoms with Gasteiger partial charge in [-0.2, -0.15) is 0 Å². The minimum atomic E-state index is -0.572. The summed E-state index contributed by atoms with van der Waals surface area (Å²) in [6.45, 7) is 0. The molecule has 0 aromatic carbocycles. The van der Waals surface area contributed by atoms with Gasteiger partial charge in [0, 0.05) is 14.2 Å². The topological polar surface area (TPSA) is 52.3 Å². The lowest BCUT2D eigenvalue weighted by molar-refractivity contribution is -0.132. The molecule has 0 saturated heterocycles. The lowest BCUT2D eigenvalue weighted by atomic mass is 10.8. The molecule has 14 heavy (non-hydrogen) atoms. The van der Waals surface area contributed by atoms with E-state index in [1.165, 1.54) is 7.11 Å². The summed E-state index contributed by atoms with van der Waals surface area (Å²) in [6.07, 6.45) is 3.98. The predicted molar refractivity (Wildman–Crippen MR) is 70.2 cm³/mol. The summed E-state index contributed by atoms with van der Waals surface area (Å²) in [4.78, 5) is 11.3. The van der Waals surface area contributed by atoms with Crippen LogP contribution in [0.25, 0.3) is 0 Å². The van der Waals surface area contributed by atoms with Crippen molar-refractivity contribution >= 4 is 53.6 Å². The van der Waals surface area contributed by atoms with Crippen LogP contribution in [0.5, 0.6) is 0 Å². The smallest absolute Gasteiger partial charge is 0.386 e. The van der Waals surface area contributed by atoms with Gasteiger partial charge in [-0.3, -0.25) is 0 Å². The van der Waals surface area contributed by atoms with Crippen LogP contribution in [0.3, 0.4) is 0 Å². The van der Waals surface area contributed by atoms with Gasteiger partial charge >= 0.3 is 5.97 Å². The maximum atomic E-state index is 11.3. The van der Waals surface area contributed by atoms with Gasteiger partial charge in [0.1, 0.15) is 0 Å².